The highest BCUT2D eigenvalue weighted by Gasteiger charge is 2.14. The van der Waals surface area contributed by atoms with Crippen molar-refractivity contribution in [1.29, 1.82) is 0 Å². The zero-order chi connectivity index (χ0) is 14.4. The van der Waals surface area contributed by atoms with Crippen LogP contribution in [0.25, 0.3) is 0 Å². The monoisotopic (exact) mass is 327 g/mol. The van der Waals surface area contributed by atoms with Crippen molar-refractivity contribution < 1.29 is 4.79 Å². The van der Waals surface area contributed by atoms with Gasteiger partial charge in [0.05, 0.1) is 5.56 Å². The minimum Gasteiger partial charge on any atom is -0.399 e. The number of nitrogens with zero attached hydrogens (tertiary/aromatic N) is 1. The molecule has 0 radical (unpaired) electrons. The Bertz CT molecular complexity index is 433. The van der Waals surface area contributed by atoms with Crippen LogP contribution in [0.5, 0.6) is 0 Å². The van der Waals surface area contributed by atoms with Crippen molar-refractivity contribution in [2.24, 2.45) is 0 Å². The number of nitrogen functional groups attached to an aromatic ring is 1. The lowest BCUT2D eigenvalue weighted by Gasteiger charge is -2.23. The largest absolute Gasteiger partial charge is 0.399 e. The first-order valence-corrected chi connectivity index (χ1v) is 7.35. The van der Waals surface area contributed by atoms with Crippen LogP contribution in [0.15, 0.2) is 22.7 Å². The smallest absolute Gasteiger partial charge is 0.252 e. The van der Waals surface area contributed by atoms with Gasteiger partial charge >= 0.3 is 0 Å². The lowest BCUT2D eigenvalue weighted by atomic mass is 10.1. The van der Waals surface area contributed by atoms with Gasteiger partial charge in [0.15, 0.2) is 0 Å². The molecule has 1 atom stereocenters. The zero-order valence-electron chi connectivity index (χ0n) is 11.7. The van der Waals surface area contributed by atoms with Gasteiger partial charge < -0.3 is 16.0 Å². The van der Waals surface area contributed by atoms with Crippen LogP contribution >= 0.6 is 15.9 Å². The number of halogens is 1. The average molecular weight is 328 g/mol. The molecule has 0 aliphatic heterocycles. The molecule has 0 fully saturated rings. The maximum absolute atomic E-state index is 12.2. The lowest BCUT2D eigenvalue weighted by molar-refractivity contribution is 0.0929. The zero-order valence-corrected chi connectivity index (χ0v) is 13.3. The summed E-state index contributed by atoms with van der Waals surface area (Å²) in [6.07, 6.45) is 0. The molecule has 5 heteroatoms. The highest BCUT2D eigenvalue weighted by molar-refractivity contribution is 9.10. The van der Waals surface area contributed by atoms with E-state index in [9.17, 15) is 4.79 Å². The fourth-order valence-electron chi connectivity index (χ4n) is 1.93. The number of carbonyl (C=O) groups excluding carboxylic acids is 1. The topological polar surface area (TPSA) is 58.4 Å². The van der Waals surface area contributed by atoms with E-state index >= 15 is 0 Å². The molecule has 0 bridgehead atoms. The van der Waals surface area contributed by atoms with Crippen LogP contribution in [0.2, 0.25) is 0 Å². The molecule has 3 N–H and O–H groups in total. The maximum atomic E-state index is 12.2. The standard InChI is InChI=1S/C14H22BrN3O/c1-4-18(5-2)9-10(3)17-14(19)12-8-11(16)6-7-13(12)15/h6-8,10H,4-5,9,16H2,1-3H3,(H,17,19). The summed E-state index contributed by atoms with van der Waals surface area (Å²) < 4.78 is 0.759. The molecule has 1 aromatic rings. The third-order valence-corrected chi connectivity index (χ3v) is 3.73. The van der Waals surface area contributed by atoms with Gasteiger partial charge in [-0.3, -0.25) is 4.79 Å². The number of hydrogen-bond acceptors (Lipinski definition) is 3. The molecule has 0 heterocycles. The number of likely N-dealkylation sites (N-methyl/N-ethyl adjacent to an activating group) is 1. The van der Waals surface area contributed by atoms with Gasteiger partial charge in [-0.05, 0) is 54.1 Å². The van der Waals surface area contributed by atoms with E-state index in [2.05, 4.69) is 40.0 Å². The highest BCUT2D eigenvalue weighted by Crippen LogP contribution is 2.19. The molecule has 106 valence electrons. The van der Waals surface area contributed by atoms with E-state index in [0.717, 1.165) is 24.1 Å². The van der Waals surface area contributed by atoms with Crippen molar-refractivity contribution in [2.45, 2.75) is 26.8 Å². The van der Waals surface area contributed by atoms with Crippen molar-refractivity contribution in [3.8, 4) is 0 Å². The number of nitrogens with one attached hydrogen (secondary N) is 1. The Morgan fingerprint density at radius 2 is 2.05 bits per heavy atom. The molecule has 4 nitrogen and oxygen atoms in total. The Hall–Kier alpha value is -1.07. The predicted molar refractivity (Wildman–Crippen MR) is 83.3 cm³/mol. The molecular weight excluding hydrogens is 306 g/mol. The number of nitrogens with two attached hydrogens (primary N) is 1. The van der Waals surface area contributed by atoms with Crippen molar-refractivity contribution in [1.82, 2.24) is 10.2 Å². The SMILES string of the molecule is CCN(CC)CC(C)NC(=O)c1cc(N)ccc1Br. The number of amides is 1. The summed E-state index contributed by atoms with van der Waals surface area (Å²) in [5, 5.41) is 3.00. The normalized spacial score (nSPS) is 12.5. The number of rotatable bonds is 6. The summed E-state index contributed by atoms with van der Waals surface area (Å²) in [5.41, 5.74) is 6.87. The van der Waals surface area contributed by atoms with E-state index in [0.29, 0.717) is 11.3 Å². The predicted octanol–water partition coefficient (Wildman–Crippen LogP) is 2.49. The summed E-state index contributed by atoms with van der Waals surface area (Å²) in [6.45, 7) is 9.06. The van der Waals surface area contributed by atoms with Gasteiger partial charge in [0.1, 0.15) is 0 Å². The summed E-state index contributed by atoms with van der Waals surface area (Å²) in [5.74, 6) is -0.0983. The lowest BCUT2D eigenvalue weighted by Crippen LogP contribution is -2.42. The number of benzene rings is 1. The van der Waals surface area contributed by atoms with Crippen LogP contribution in [0.3, 0.4) is 0 Å². The summed E-state index contributed by atoms with van der Waals surface area (Å²) in [6, 6.07) is 5.34. The van der Waals surface area contributed by atoms with Crippen LogP contribution in [0, 0.1) is 0 Å². The molecule has 1 rings (SSSR count). The van der Waals surface area contributed by atoms with Crippen LogP contribution in [0.4, 0.5) is 5.69 Å². The number of anilines is 1. The molecule has 1 amide bonds. The summed E-state index contributed by atoms with van der Waals surface area (Å²) >= 11 is 3.37. The van der Waals surface area contributed by atoms with Gasteiger partial charge in [0.25, 0.3) is 5.91 Å². The molecule has 0 spiro atoms. The fourth-order valence-corrected chi connectivity index (χ4v) is 2.36. The van der Waals surface area contributed by atoms with Gasteiger partial charge in [-0.2, -0.15) is 0 Å². The van der Waals surface area contributed by atoms with E-state index in [-0.39, 0.29) is 11.9 Å². The van der Waals surface area contributed by atoms with Crippen LogP contribution in [-0.2, 0) is 0 Å². The third-order valence-electron chi connectivity index (χ3n) is 3.04. The van der Waals surface area contributed by atoms with E-state index in [1.54, 1.807) is 18.2 Å². The van der Waals surface area contributed by atoms with Crippen LogP contribution in [-0.4, -0.2) is 36.5 Å². The maximum Gasteiger partial charge on any atom is 0.252 e. The van der Waals surface area contributed by atoms with Gasteiger partial charge in [-0.1, -0.05) is 13.8 Å². The number of carbonyl (C=O) groups is 1. The second-order valence-corrected chi connectivity index (χ2v) is 5.45. The molecule has 0 aliphatic rings. The molecule has 1 aromatic carbocycles. The van der Waals surface area contributed by atoms with E-state index < -0.39 is 0 Å². The van der Waals surface area contributed by atoms with E-state index in [1.807, 2.05) is 6.92 Å². The Balaban J connectivity index is 2.66. The first-order chi connectivity index (χ1) is 8.97. The summed E-state index contributed by atoms with van der Waals surface area (Å²) in [4.78, 5) is 14.4. The molecule has 0 saturated carbocycles. The second kappa shape index (κ2) is 7.50. The molecule has 0 saturated heterocycles. The fraction of sp³-hybridized carbons (Fsp3) is 0.500. The summed E-state index contributed by atoms with van der Waals surface area (Å²) in [7, 11) is 0. The average Bonchev–Trinajstić information content (AvgIpc) is 2.38. The van der Waals surface area contributed by atoms with E-state index in [4.69, 9.17) is 5.73 Å². The third kappa shape index (κ3) is 4.84. The Morgan fingerprint density at radius 1 is 1.42 bits per heavy atom. The Labute approximate surface area is 123 Å². The molecular formula is C14H22BrN3O. The first-order valence-electron chi connectivity index (χ1n) is 6.56. The van der Waals surface area contributed by atoms with E-state index in [1.165, 1.54) is 0 Å². The molecule has 19 heavy (non-hydrogen) atoms. The van der Waals surface area contributed by atoms with Gasteiger partial charge in [-0.15, -0.1) is 0 Å². The number of hydrogen-bond donors (Lipinski definition) is 2. The van der Waals surface area contributed by atoms with Crippen molar-refractivity contribution >= 4 is 27.5 Å². The Morgan fingerprint density at radius 3 is 2.63 bits per heavy atom. The van der Waals surface area contributed by atoms with Crippen molar-refractivity contribution in [2.75, 3.05) is 25.4 Å². The van der Waals surface area contributed by atoms with Crippen molar-refractivity contribution in [3.05, 3.63) is 28.2 Å². The quantitative estimate of drug-likeness (QED) is 0.789. The first kappa shape index (κ1) is 16.0. The van der Waals surface area contributed by atoms with Gasteiger partial charge in [0.2, 0.25) is 0 Å². The minimum atomic E-state index is -0.0983. The van der Waals surface area contributed by atoms with Crippen LogP contribution in [0.1, 0.15) is 31.1 Å². The van der Waals surface area contributed by atoms with Gasteiger partial charge in [-0.25, -0.2) is 0 Å². The highest BCUT2D eigenvalue weighted by atomic mass is 79.9. The second-order valence-electron chi connectivity index (χ2n) is 4.60. The molecule has 1 unspecified atom stereocenters. The molecule has 0 aliphatic carbocycles. The Kier molecular flexibility index (Phi) is 6.31. The van der Waals surface area contributed by atoms with Gasteiger partial charge in [0, 0.05) is 22.7 Å². The molecule has 0 aromatic heterocycles. The minimum absolute atomic E-state index is 0.0979. The van der Waals surface area contributed by atoms with Crippen LogP contribution < -0.4 is 11.1 Å². The van der Waals surface area contributed by atoms with Crippen molar-refractivity contribution in [3.63, 3.8) is 0 Å².